The van der Waals surface area contributed by atoms with E-state index < -0.39 is 12.0 Å². The number of hydrogen-bond acceptors (Lipinski definition) is 4. The van der Waals surface area contributed by atoms with E-state index in [-0.39, 0.29) is 5.91 Å². The van der Waals surface area contributed by atoms with E-state index in [2.05, 4.69) is 23.7 Å². The summed E-state index contributed by atoms with van der Waals surface area (Å²) in [6.07, 6.45) is 24.3. The van der Waals surface area contributed by atoms with Gasteiger partial charge in [-0.05, 0) is 69.0 Å². The van der Waals surface area contributed by atoms with Crippen molar-refractivity contribution in [2.24, 2.45) is 0 Å². The number of rotatable bonds is 21. The van der Waals surface area contributed by atoms with Crippen LogP contribution in [0.5, 0.6) is 0 Å². The van der Waals surface area contributed by atoms with Crippen molar-refractivity contribution in [2.75, 3.05) is 24.0 Å². The molecule has 0 aromatic heterocycles. The molecule has 0 aliphatic heterocycles. The number of carboxylic acids is 1. The molecule has 1 unspecified atom stereocenters. The van der Waals surface area contributed by atoms with E-state index in [1.54, 1.807) is 11.8 Å². The van der Waals surface area contributed by atoms with Crippen LogP contribution in [-0.4, -0.2) is 47.0 Å². The molecule has 0 heterocycles. The van der Waals surface area contributed by atoms with Crippen LogP contribution in [0, 0.1) is 0 Å². The number of carbonyl (C=O) groups excluding carboxylic acids is 1. The number of nitrogens with one attached hydrogen (secondary N) is 1. The predicted octanol–water partition coefficient (Wildman–Crippen LogP) is 6.30. The molecule has 4 nitrogen and oxygen atoms in total. The second-order valence-electron chi connectivity index (χ2n) is 7.57. The average Bonchev–Trinajstić information content (AvgIpc) is 2.70. The van der Waals surface area contributed by atoms with Gasteiger partial charge in [0.2, 0.25) is 5.91 Å². The lowest BCUT2D eigenvalue weighted by atomic mass is 10.1. The highest BCUT2D eigenvalue weighted by Crippen LogP contribution is 2.10. The molecule has 0 fully saturated rings. The number of carboxylic acid groups (broad SMARTS) is 1. The highest BCUT2D eigenvalue weighted by atomic mass is 32.2. The Bertz CT molecular complexity index is 430. The minimum atomic E-state index is -0.938. The monoisotopic (exact) mass is 445 g/mol. The molecule has 0 spiro atoms. The van der Waals surface area contributed by atoms with Crippen molar-refractivity contribution < 1.29 is 14.7 Å². The van der Waals surface area contributed by atoms with Crippen LogP contribution < -0.4 is 5.32 Å². The van der Waals surface area contributed by atoms with Crippen molar-refractivity contribution in [3.8, 4) is 0 Å². The van der Waals surface area contributed by atoms with Crippen LogP contribution in [0.2, 0.25) is 0 Å². The van der Waals surface area contributed by atoms with E-state index in [1.807, 2.05) is 18.0 Å². The summed E-state index contributed by atoms with van der Waals surface area (Å²) in [5.41, 5.74) is 0. The normalized spacial score (nSPS) is 12.3. The van der Waals surface area contributed by atoms with Gasteiger partial charge in [-0.3, -0.25) is 4.79 Å². The highest BCUT2D eigenvalue weighted by Gasteiger charge is 2.18. The first-order valence-electron chi connectivity index (χ1n) is 11.3. The molecular formula is C23H43NO3S2. The van der Waals surface area contributed by atoms with Gasteiger partial charge in [0.25, 0.3) is 0 Å². The number of thioether (sulfide) groups is 2. The number of aliphatic carboxylic acids is 1. The first-order chi connectivity index (χ1) is 14.1. The molecule has 0 aliphatic rings. The maximum atomic E-state index is 11.9. The number of allylic oxidation sites excluding steroid dienone is 2. The van der Waals surface area contributed by atoms with Crippen molar-refractivity contribution in [1.29, 1.82) is 0 Å². The summed E-state index contributed by atoms with van der Waals surface area (Å²) in [6, 6.07) is -0.748. The second kappa shape index (κ2) is 22.1. The van der Waals surface area contributed by atoms with E-state index in [0.29, 0.717) is 12.8 Å². The average molecular weight is 446 g/mol. The van der Waals surface area contributed by atoms with Crippen LogP contribution >= 0.6 is 23.5 Å². The molecule has 1 amide bonds. The smallest absolute Gasteiger partial charge is 0.326 e. The summed E-state index contributed by atoms with van der Waals surface area (Å²) in [7, 11) is 0. The van der Waals surface area contributed by atoms with Crippen LogP contribution in [0.3, 0.4) is 0 Å². The Kier molecular flexibility index (Phi) is 21.6. The van der Waals surface area contributed by atoms with E-state index >= 15 is 0 Å². The van der Waals surface area contributed by atoms with Crippen molar-refractivity contribution in [1.82, 2.24) is 5.32 Å². The Morgan fingerprint density at radius 2 is 1.31 bits per heavy atom. The topological polar surface area (TPSA) is 66.4 Å². The fourth-order valence-corrected chi connectivity index (χ4v) is 4.08. The van der Waals surface area contributed by atoms with Gasteiger partial charge in [0, 0.05) is 6.42 Å². The molecule has 6 heteroatoms. The Morgan fingerprint density at radius 3 is 1.86 bits per heavy atom. The fourth-order valence-electron chi connectivity index (χ4n) is 3.11. The van der Waals surface area contributed by atoms with Crippen LogP contribution in [0.15, 0.2) is 12.2 Å². The zero-order valence-corrected chi connectivity index (χ0v) is 20.3. The molecule has 0 aliphatic carbocycles. The second-order valence-corrected chi connectivity index (χ2v) is 9.54. The van der Waals surface area contributed by atoms with Gasteiger partial charge in [-0.1, -0.05) is 50.7 Å². The lowest BCUT2D eigenvalue weighted by molar-refractivity contribution is -0.141. The van der Waals surface area contributed by atoms with Gasteiger partial charge in [-0.2, -0.15) is 23.5 Å². The summed E-state index contributed by atoms with van der Waals surface area (Å²) in [4.78, 5) is 23.0. The predicted molar refractivity (Wildman–Crippen MR) is 130 cm³/mol. The highest BCUT2D eigenvalue weighted by molar-refractivity contribution is 7.98. The summed E-state index contributed by atoms with van der Waals surface area (Å²) < 4.78 is 0. The summed E-state index contributed by atoms with van der Waals surface area (Å²) in [5.74, 6) is 0.970. The maximum absolute atomic E-state index is 11.9. The van der Waals surface area contributed by atoms with Gasteiger partial charge in [0.1, 0.15) is 6.04 Å². The molecule has 0 aromatic rings. The Morgan fingerprint density at radius 1 is 0.793 bits per heavy atom. The SMILES string of the molecule is CSCCCCCCCC=CCCCCCCCC(=O)NC(CCSC)C(=O)O. The largest absolute Gasteiger partial charge is 0.480 e. The fraction of sp³-hybridized carbons (Fsp3) is 0.826. The molecule has 0 saturated carbocycles. The number of carbonyl (C=O) groups is 2. The standard InChI is InChI=1S/C23H43NO3S2/c1-28-19-16-14-12-10-8-6-4-3-5-7-9-11-13-15-17-22(25)24-21(23(26)27)18-20-29-2/h3-4,21H,5-20H2,1-2H3,(H,24,25)(H,26,27). The van der Waals surface area contributed by atoms with Gasteiger partial charge in [0.05, 0.1) is 0 Å². The van der Waals surface area contributed by atoms with Crippen molar-refractivity contribution in [3.05, 3.63) is 12.2 Å². The molecule has 170 valence electrons. The summed E-state index contributed by atoms with van der Waals surface area (Å²) >= 11 is 3.54. The van der Waals surface area contributed by atoms with Gasteiger partial charge in [-0.15, -0.1) is 0 Å². The first kappa shape index (κ1) is 28.4. The Hall–Kier alpha value is -0.620. The quantitative estimate of drug-likeness (QED) is 0.160. The number of unbranched alkanes of at least 4 members (excludes halogenated alkanes) is 10. The third-order valence-corrected chi connectivity index (χ3v) is 6.25. The first-order valence-corrected chi connectivity index (χ1v) is 14.1. The maximum Gasteiger partial charge on any atom is 0.326 e. The van der Waals surface area contributed by atoms with Crippen molar-refractivity contribution in [2.45, 2.75) is 95.9 Å². The summed E-state index contributed by atoms with van der Waals surface area (Å²) in [5, 5.41) is 11.8. The molecule has 0 aromatic carbocycles. The van der Waals surface area contributed by atoms with E-state index in [9.17, 15) is 9.59 Å². The van der Waals surface area contributed by atoms with Crippen LogP contribution in [0.25, 0.3) is 0 Å². The van der Waals surface area contributed by atoms with E-state index in [0.717, 1.165) is 31.4 Å². The zero-order chi connectivity index (χ0) is 21.6. The molecule has 0 saturated heterocycles. The molecule has 0 bridgehead atoms. The lowest BCUT2D eigenvalue weighted by Gasteiger charge is -2.13. The number of hydrogen-bond donors (Lipinski definition) is 2. The number of amides is 1. The third-order valence-electron chi connectivity index (χ3n) is 4.90. The van der Waals surface area contributed by atoms with Crippen LogP contribution in [-0.2, 0) is 9.59 Å². The van der Waals surface area contributed by atoms with Crippen molar-refractivity contribution >= 4 is 35.4 Å². The van der Waals surface area contributed by atoms with Gasteiger partial charge in [-0.25, -0.2) is 4.79 Å². The Balaban J connectivity index is 3.45. The van der Waals surface area contributed by atoms with Crippen LogP contribution in [0.1, 0.15) is 89.9 Å². The van der Waals surface area contributed by atoms with Gasteiger partial charge in [0.15, 0.2) is 0 Å². The van der Waals surface area contributed by atoms with Gasteiger partial charge < -0.3 is 10.4 Å². The molecular weight excluding hydrogens is 402 g/mol. The Labute approximate surface area is 187 Å². The van der Waals surface area contributed by atoms with E-state index in [1.165, 1.54) is 57.1 Å². The van der Waals surface area contributed by atoms with E-state index in [4.69, 9.17) is 5.11 Å². The minimum Gasteiger partial charge on any atom is -0.480 e. The zero-order valence-electron chi connectivity index (χ0n) is 18.6. The molecule has 2 N–H and O–H groups in total. The molecule has 0 rings (SSSR count). The lowest BCUT2D eigenvalue weighted by Crippen LogP contribution is -2.41. The third kappa shape index (κ3) is 20.4. The molecule has 29 heavy (non-hydrogen) atoms. The molecule has 1 atom stereocenters. The minimum absolute atomic E-state index is 0.134. The van der Waals surface area contributed by atoms with Crippen molar-refractivity contribution in [3.63, 3.8) is 0 Å². The summed E-state index contributed by atoms with van der Waals surface area (Å²) in [6.45, 7) is 0. The van der Waals surface area contributed by atoms with Gasteiger partial charge >= 0.3 is 5.97 Å². The molecule has 0 radical (unpaired) electrons. The van der Waals surface area contributed by atoms with Crippen LogP contribution in [0.4, 0.5) is 0 Å².